The number of carbonyl (C=O) groups excluding carboxylic acids is 1. The monoisotopic (exact) mass is 327 g/mol. The number of esters is 1. The van der Waals surface area contributed by atoms with Gasteiger partial charge in [-0.05, 0) is 41.4 Å². The average Bonchev–Trinajstić information content (AvgIpc) is 2.58. The van der Waals surface area contributed by atoms with Crippen LogP contribution >= 0.6 is 27.3 Å². The number of nitrogens with two attached hydrogens (primary N) is 1. The van der Waals surface area contributed by atoms with Gasteiger partial charge in [-0.1, -0.05) is 0 Å². The molecular weight excluding hydrogens is 316 g/mol. The Bertz CT molecular complexity index is 403. The first kappa shape index (κ1) is 14.5. The Morgan fingerprint density at radius 3 is 2.71 bits per heavy atom. The zero-order valence-electron chi connectivity index (χ0n) is 9.30. The van der Waals surface area contributed by atoms with E-state index in [1.54, 1.807) is 6.92 Å². The first-order chi connectivity index (χ1) is 7.80. The lowest BCUT2D eigenvalue weighted by Gasteiger charge is -2.20. The minimum Gasteiger partial charge on any atom is -0.462 e. The zero-order valence-corrected chi connectivity index (χ0v) is 11.7. The largest absolute Gasteiger partial charge is 0.462 e. The van der Waals surface area contributed by atoms with Crippen LogP contribution < -0.4 is 5.73 Å². The van der Waals surface area contributed by atoms with Crippen molar-refractivity contribution >= 4 is 33.2 Å². The molecule has 1 rings (SSSR count). The smallest absolute Gasteiger partial charge is 0.379 e. The van der Waals surface area contributed by atoms with Crippen molar-refractivity contribution in [1.29, 1.82) is 0 Å². The van der Waals surface area contributed by atoms with E-state index in [1.807, 2.05) is 0 Å². The highest BCUT2D eigenvalue weighted by atomic mass is 79.9. The topological polar surface area (TPSA) is 52.3 Å². The normalized spacial score (nSPS) is 13.5. The van der Waals surface area contributed by atoms with Gasteiger partial charge >= 0.3 is 11.9 Å². The summed E-state index contributed by atoms with van der Waals surface area (Å²) in [4.78, 5) is 11.4. The molecule has 2 N–H and O–H groups in total. The number of carbonyl (C=O) groups is 1. The Kier molecular flexibility index (Phi) is 4.62. The summed E-state index contributed by atoms with van der Waals surface area (Å²) in [6, 6.07) is -0.149. The van der Waals surface area contributed by atoms with E-state index < -0.39 is 17.9 Å². The second-order valence-corrected chi connectivity index (χ2v) is 5.83. The second-order valence-electron chi connectivity index (χ2n) is 3.43. The van der Waals surface area contributed by atoms with Crippen molar-refractivity contribution in [3.8, 4) is 0 Å². The van der Waals surface area contributed by atoms with Gasteiger partial charge in [0.1, 0.15) is 6.04 Å². The maximum atomic E-state index is 13.6. The van der Waals surface area contributed by atoms with Gasteiger partial charge in [-0.15, -0.1) is 11.3 Å². The van der Waals surface area contributed by atoms with E-state index in [9.17, 15) is 13.6 Å². The molecule has 0 unspecified atom stereocenters. The highest BCUT2D eigenvalue weighted by Gasteiger charge is 2.48. The van der Waals surface area contributed by atoms with Crippen LogP contribution in [0.1, 0.15) is 23.4 Å². The summed E-state index contributed by atoms with van der Waals surface area (Å²) in [5, 5.41) is 0. The lowest BCUT2D eigenvalue weighted by Crippen LogP contribution is -2.41. The highest BCUT2D eigenvalue weighted by molar-refractivity contribution is 9.11. The molecule has 1 aromatic rings. The predicted octanol–water partition coefficient (Wildman–Crippen LogP) is 3.02. The van der Waals surface area contributed by atoms with Crippen molar-refractivity contribution in [2.24, 2.45) is 5.73 Å². The number of halogens is 3. The molecule has 0 bridgehead atoms. The third-order valence-electron chi connectivity index (χ3n) is 2.12. The SMILES string of the molecule is CCOC(=O)C(F)(F)[C@H](N)c1cc(C)c(Br)s1. The van der Waals surface area contributed by atoms with Crippen molar-refractivity contribution in [2.75, 3.05) is 6.61 Å². The molecular formula is C10H12BrF2NO2S. The van der Waals surface area contributed by atoms with Gasteiger partial charge in [-0.3, -0.25) is 0 Å². The lowest BCUT2D eigenvalue weighted by atomic mass is 10.1. The van der Waals surface area contributed by atoms with Crippen LogP contribution in [0.2, 0.25) is 0 Å². The van der Waals surface area contributed by atoms with Gasteiger partial charge in [0.05, 0.1) is 10.4 Å². The van der Waals surface area contributed by atoms with Crippen LogP contribution in [0.5, 0.6) is 0 Å². The first-order valence-corrected chi connectivity index (χ1v) is 6.48. The fourth-order valence-electron chi connectivity index (χ4n) is 1.17. The maximum Gasteiger partial charge on any atom is 0.379 e. The predicted molar refractivity (Wildman–Crippen MR) is 65.3 cm³/mol. The summed E-state index contributed by atoms with van der Waals surface area (Å²) in [6.45, 7) is 3.12. The van der Waals surface area contributed by atoms with Gasteiger partial charge in [0.15, 0.2) is 0 Å². The summed E-state index contributed by atoms with van der Waals surface area (Å²) in [6.07, 6.45) is 0. The molecule has 0 aliphatic carbocycles. The van der Waals surface area contributed by atoms with Gasteiger partial charge in [0.25, 0.3) is 0 Å². The summed E-state index contributed by atoms with van der Waals surface area (Å²) < 4.78 is 32.3. The molecule has 0 aromatic carbocycles. The van der Waals surface area contributed by atoms with Crippen LogP contribution in [0.3, 0.4) is 0 Å². The van der Waals surface area contributed by atoms with Crippen LogP contribution in [0.15, 0.2) is 9.85 Å². The van der Waals surface area contributed by atoms with Crippen molar-refractivity contribution in [3.05, 3.63) is 20.3 Å². The number of alkyl halides is 2. The van der Waals surface area contributed by atoms with E-state index in [2.05, 4.69) is 20.7 Å². The minimum absolute atomic E-state index is 0.103. The molecule has 3 nitrogen and oxygen atoms in total. The maximum absolute atomic E-state index is 13.6. The Hall–Kier alpha value is -0.530. The van der Waals surface area contributed by atoms with Crippen molar-refractivity contribution in [2.45, 2.75) is 25.8 Å². The third-order valence-corrected chi connectivity index (χ3v) is 4.34. The van der Waals surface area contributed by atoms with Gasteiger partial charge in [0.2, 0.25) is 0 Å². The average molecular weight is 328 g/mol. The number of hydrogen-bond donors (Lipinski definition) is 1. The molecule has 1 aromatic heterocycles. The summed E-state index contributed by atoms with van der Waals surface area (Å²) in [7, 11) is 0. The van der Waals surface area contributed by atoms with Crippen LogP contribution in [-0.2, 0) is 9.53 Å². The van der Waals surface area contributed by atoms with Crippen molar-refractivity contribution in [3.63, 3.8) is 0 Å². The molecule has 0 aliphatic heterocycles. The van der Waals surface area contributed by atoms with E-state index in [4.69, 9.17) is 5.73 Å². The molecule has 1 atom stereocenters. The fraction of sp³-hybridized carbons (Fsp3) is 0.500. The summed E-state index contributed by atoms with van der Waals surface area (Å²) >= 11 is 4.31. The Labute approximate surface area is 110 Å². The van der Waals surface area contributed by atoms with Crippen LogP contribution in [0.25, 0.3) is 0 Å². The van der Waals surface area contributed by atoms with Crippen LogP contribution in [0.4, 0.5) is 8.78 Å². The molecule has 96 valence electrons. The zero-order chi connectivity index (χ0) is 13.2. The number of rotatable bonds is 4. The lowest BCUT2D eigenvalue weighted by molar-refractivity contribution is -0.174. The summed E-state index contributed by atoms with van der Waals surface area (Å²) in [5.74, 6) is -5.30. The van der Waals surface area contributed by atoms with E-state index in [-0.39, 0.29) is 11.5 Å². The van der Waals surface area contributed by atoms with E-state index in [0.29, 0.717) is 0 Å². The first-order valence-electron chi connectivity index (χ1n) is 4.87. The fourth-order valence-corrected chi connectivity index (χ4v) is 2.78. The second kappa shape index (κ2) is 5.41. The van der Waals surface area contributed by atoms with Gasteiger partial charge in [0, 0.05) is 4.88 Å². The quantitative estimate of drug-likeness (QED) is 0.865. The number of ether oxygens (including phenoxy) is 1. The van der Waals surface area contributed by atoms with E-state index >= 15 is 0 Å². The molecule has 0 saturated heterocycles. The molecule has 0 saturated carbocycles. The summed E-state index contributed by atoms with van der Waals surface area (Å²) in [5.41, 5.74) is 6.23. The molecule has 7 heteroatoms. The minimum atomic E-state index is -3.72. The van der Waals surface area contributed by atoms with Gasteiger partial charge < -0.3 is 10.5 Å². The third kappa shape index (κ3) is 3.02. The van der Waals surface area contributed by atoms with Gasteiger partial charge in [-0.25, -0.2) is 4.79 Å². The molecule has 17 heavy (non-hydrogen) atoms. The molecule has 0 radical (unpaired) electrons. The van der Waals surface area contributed by atoms with E-state index in [1.165, 1.54) is 13.0 Å². The van der Waals surface area contributed by atoms with Crippen molar-refractivity contribution in [1.82, 2.24) is 0 Å². The molecule has 0 spiro atoms. The molecule has 0 aliphatic rings. The van der Waals surface area contributed by atoms with Crippen LogP contribution in [0, 0.1) is 6.92 Å². The molecule has 0 amide bonds. The van der Waals surface area contributed by atoms with Gasteiger partial charge in [-0.2, -0.15) is 8.78 Å². The number of hydrogen-bond acceptors (Lipinski definition) is 4. The molecule has 1 heterocycles. The number of thiophene rings is 1. The molecule has 0 fully saturated rings. The Morgan fingerprint density at radius 1 is 1.71 bits per heavy atom. The van der Waals surface area contributed by atoms with Crippen LogP contribution in [-0.4, -0.2) is 18.5 Å². The standard InChI is InChI=1S/C10H12BrF2NO2S/c1-3-16-9(15)10(12,13)7(14)6-4-5(2)8(11)17-6/h4,7H,3,14H2,1-2H3/t7-/m1/s1. The highest BCUT2D eigenvalue weighted by Crippen LogP contribution is 2.37. The number of aryl methyl sites for hydroxylation is 1. The Morgan fingerprint density at radius 2 is 2.29 bits per heavy atom. The van der Waals surface area contributed by atoms with Crippen molar-refractivity contribution < 1.29 is 18.3 Å². The Balaban J connectivity index is 2.95. The van der Waals surface area contributed by atoms with E-state index in [0.717, 1.165) is 20.7 Å².